The third-order valence-corrected chi connectivity index (χ3v) is 4.64. The summed E-state index contributed by atoms with van der Waals surface area (Å²) in [4.78, 5) is 2.85. The van der Waals surface area contributed by atoms with Crippen molar-refractivity contribution in [3.8, 4) is 0 Å². The Morgan fingerprint density at radius 1 is 1.06 bits per heavy atom. The standard InChI is InChI=1S/C15H30N2/c1-3-5-6-10-17-14-8-7-9-15(17)12-13(11-14)16-4-2/h13-16H,3-12H2,1-2H3. The Morgan fingerprint density at radius 2 is 1.76 bits per heavy atom. The van der Waals surface area contributed by atoms with Crippen LogP contribution in [-0.4, -0.2) is 36.1 Å². The van der Waals surface area contributed by atoms with E-state index in [0.29, 0.717) is 0 Å². The van der Waals surface area contributed by atoms with Crippen LogP contribution < -0.4 is 5.32 Å². The highest BCUT2D eigenvalue weighted by Crippen LogP contribution is 2.34. The lowest BCUT2D eigenvalue weighted by atomic mass is 9.81. The summed E-state index contributed by atoms with van der Waals surface area (Å²) in [5.41, 5.74) is 0. The molecule has 2 atom stereocenters. The van der Waals surface area contributed by atoms with Crippen LogP contribution in [0.15, 0.2) is 0 Å². The molecule has 0 saturated carbocycles. The van der Waals surface area contributed by atoms with Gasteiger partial charge in [-0.25, -0.2) is 0 Å². The van der Waals surface area contributed by atoms with Crippen LogP contribution in [0.3, 0.4) is 0 Å². The quantitative estimate of drug-likeness (QED) is 0.715. The molecule has 2 fully saturated rings. The molecule has 0 aromatic heterocycles. The van der Waals surface area contributed by atoms with E-state index in [0.717, 1.165) is 24.7 Å². The third kappa shape index (κ3) is 3.45. The predicted molar refractivity (Wildman–Crippen MR) is 74.4 cm³/mol. The number of piperidine rings is 2. The molecule has 0 aliphatic carbocycles. The molecular formula is C15H30N2. The Bertz CT molecular complexity index is 203. The SMILES string of the molecule is CCCCCN1C2CCCC1CC(NCC)C2. The number of fused-ring (bicyclic) bond motifs is 2. The van der Waals surface area contributed by atoms with Crippen LogP contribution in [0.4, 0.5) is 0 Å². The Labute approximate surface area is 107 Å². The molecule has 2 saturated heterocycles. The molecule has 100 valence electrons. The highest BCUT2D eigenvalue weighted by molar-refractivity contribution is 4.94. The fourth-order valence-electron chi connectivity index (χ4n) is 3.84. The van der Waals surface area contributed by atoms with Crippen LogP contribution in [0, 0.1) is 0 Å². The smallest absolute Gasteiger partial charge is 0.0113 e. The van der Waals surface area contributed by atoms with E-state index in [1.807, 2.05) is 0 Å². The van der Waals surface area contributed by atoms with Gasteiger partial charge in [-0.3, -0.25) is 4.90 Å². The van der Waals surface area contributed by atoms with Crippen molar-refractivity contribution in [2.75, 3.05) is 13.1 Å². The van der Waals surface area contributed by atoms with Gasteiger partial charge in [0.05, 0.1) is 0 Å². The topological polar surface area (TPSA) is 15.3 Å². The van der Waals surface area contributed by atoms with Gasteiger partial charge >= 0.3 is 0 Å². The molecule has 0 aromatic carbocycles. The molecular weight excluding hydrogens is 208 g/mol. The van der Waals surface area contributed by atoms with Gasteiger partial charge in [-0.05, 0) is 45.2 Å². The largest absolute Gasteiger partial charge is 0.314 e. The zero-order valence-corrected chi connectivity index (χ0v) is 11.8. The minimum Gasteiger partial charge on any atom is -0.314 e. The molecule has 17 heavy (non-hydrogen) atoms. The summed E-state index contributed by atoms with van der Waals surface area (Å²) in [6.07, 6.45) is 11.3. The van der Waals surface area contributed by atoms with Crippen LogP contribution >= 0.6 is 0 Å². The average molecular weight is 238 g/mol. The molecule has 2 nitrogen and oxygen atoms in total. The lowest BCUT2D eigenvalue weighted by Crippen LogP contribution is -2.56. The molecule has 2 heteroatoms. The molecule has 2 aliphatic heterocycles. The summed E-state index contributed by atoms with van der Waals surface area (Å²) in [5, 5.41) is 3.67. The summed E-state index contributed by atoms with van der Waals surface area (Å²) in [6, 6.07) is 2.59. The fourth-order valence-corrected chi connectivity index (χ4v) is 3.84. The number of unbranched alkanes of at least 4 members (excludes halogenated alkanes) is 2. The van der Waals surface area contributed by atoms with E-state index in [-0.39, 0.29) is 0 Å². The zero-order valence-electron chi connectivity index (χ0n) is 11.8. The second-order valence-electron chi connectivity index (χ2n) is 5.91. The first kappa shape index (κ1) is 13.4. The lowest BCUT2D eigenvalue weighted by Gasteiger charge is -2.49. The predicted octanol–water partition coefficient (Wildman–Crippen LogP) is 3.17. The van der Waals surface area contributed by atoms with E-state index < -0.39 is 0 Å². The average Bonchev–Trinajstić information content (AvgIpc) is 2.30. The molecule has 0 spiro atoms. The normalized spacial score (nSPS) is 33.9. The van der Waals surface area contributed by atoms with Gasteiger partial charge in [-0.15, -0.1) is 0 Å². The molecule has 2 rings (SSSR count). The zero-order chi connectivity index (χ0) is 12.1. The van der Waals surface area contributed by atoms with Crippen LogP contribution in [0.5, 0.6) is 0 Å². The van der Waals surface area contributed by atoms with Gasteiger partial charge in [0.25, 0.3) is 0 Å². The second kappa shape index (κ2) is 6.75. The molecule has 2 heterocycles. The van der Waals surface area contributed by atoms with Crippen LogP contribution in [0.2, 0.25) is 0 Å². The summed E-state index contributed by atoms with van der Waals surface area (Å²) < 4.78 is 0. The number of hydrogen-bond donors (Lipinski definition) is 1. The molecule has 0 aromatic rings. The van der Waals surface area contributed by atoms with Crippen molar-refractivity contribution in [2.24, 2.45) is 0 Å². The first-order chi connectivity index (χ1) is 8.35. The first-order valence-electron chi connectivity index (χ1n) is 7.84. The third-order valence-electron chi connectivity index (χ3n) is 4.64. The van der Waals surface area contributed by atoms with E-state index in [1.165, 1.54) is 57.9 Å². The van der Waals surface area contributed by atoms with Crippen LogP contribution in [-0.2, 0) is 0 Å². The minimum absolute atomic E-state index is 0.803. The van der Waals surface area contributed by atoms with E-state index in [9.17, 15) is 0 Å². The van der Waals surface area contributed by atoms with Crippen molar-refractivity contribution in [2.45, 2.75) is 83.3 Å². The fraction of sp³-hybridized carbons (Fsp3) is 1.00. The van der Waals surface area contributed by atoms with Gasteiger partial charge in [-0.1, -0.05) is 33.1 Å². The van der Waals surface area contributed by atoms with E-state index in [2.05, 4.69) is 24.1 Å². The van der Waals surface area contributed by atoms with Crippen molar-refractivity contribution in [1.29, 1.82) is 0 Å². The maximum Gasteiger partial charge on any atom is 0.0113 e. The van der Waals surface area contributed by atoms with Crippen molar-refractivity contribution in [3.63, 3.8) is 0 Å². The Morgan fingerprint density at radius 3 is 2.35 bits per heavy atom. The Kier molecular flexibility index (Phi) is 5.30. The summed E-state index contributed by atoms with van der Waals surface area (Å²) in [5.74, 6) is 0. The van der Waals surface area contributed by atoms with Gasteiger partial charge in [-0.2, -0.15) is 0 Å². The number of nitrogens with one attached hydrogen (secondary N) is 1. The molecule has 2 aliphatic rings. The monoisotopic (exact) mass is 238 g/mol. The van der Waals surface area contributed by atoms with Gasteiger partial charge in [0.15, 0.2) is 0 Å². The maximum absolute atomic E-state index is 3.67. The summed E-state index contributed by atoms with van der Waals surface area (Å²) in [7, 11) is 0. The lowest BCUT2D eigenvalue weighted by molar-refractivity contribution is 0.0237. The van der Waals surface area contributed by atoms with Gasteiger partial charge < -0.3 is 5.32 Å². The minimum atomic E-state index is 0.803. The Balaban J connectivity index is 1.86. The number of nitrogens with zero attached hydrogens (tertiary/aromatic N) is 1. The molecule has 2 bridgehead atoms. The molecule has 1 N–H and O–H groups in total. The Hall–Kier alpha value is -0.0800. The molecule has 0 radical (unpaired) electrons. The summed E-state index contributed by atoms with van der Waals surface area (Å²) in [6.45, 7) is 7.05. The second-order valence-corrected chi connectivity index (χ2v) is 5.91. The highest BCUT2D eigenvalue weighted by Gasteiger charge is 2.37. The van der Waals surface area contributed by atoms with E-state index >= 15 is 0 Å². The maximum atomic E-state index is 3.67. The van der Waals surface area contributed by atoms with Gasteiger partial charge in [0.2, 0.25) is 0 Å². The van der Waals surface area contributed by atoms with Gasteiger partial charge in [0.1, 0.15) is 0 Å². The highest BCUT2D eigenvalue weighted by atomic mass is 15.2. The summed E-state index contributed by atoms with van der Waals surface area (Å²) >= 11 is 0. The van der Waals surface area contributed by atoms with Gasteiger partial charge in [0, 0.05) is 18.1 Å². The number of rotatable bonds is 6. The van der Waals surface area contributed by atoms with Crippen LogP contribution in [0.1, 0.15) is 65.2 Å². The number of hydrogen-bond acceptors (Lipinski definition) is 2. The molecule has 2 unspecified atom stereocenters. The van der Waals surface area contributed by atoms with Crippen molar-refractivity contribution >= 4 is 0 Å². The first-order valence-corrected chi connectivity index (χ1v) is 7.84. The van der Waals surface area contributed by atoms with E-state index in [4.69, 9.17) is 0 Å². The van der Waals surface area contributed by atoms with Crippen molar-refractivity contribution < 1.29 is 0 Å². The molecule has 0 amide bonds. The van der Waals surface area contributed by atoms with Crippen LogP contribution in [0.25, 0.3) is 0 Å². The van der Waals surface area contributed by atoms with Crippen molar-refractivity contribution in [3.05, 3.63) is 0 Å². The van der Waals surface area contributed by atoms with Crippen molar-refractivity contribution in [1.82, 2.24) is 10.2 Å². The van der Waals surface area contributed by atoms with E-state index in [1.54, 1.807) is 0 Å².